The molecule has 3 N–H and O–H groups in total. The lowest BCUT2D eigenvalue weighted by Gasteiger charge is -2.19. The van der Waals surface area contributed by atoms with E-state index in [0.717, 1.165) is 17.0 Å². The number of rotatable bonds is 6. The molecule has 1 amide bonds. The third-order valence-electron chi connectivity index (χ3n) is 4.67. The van der Waals surface area contributed by atoms with Gasteiger partial charge in [-0.25, -0.2) is 4.98 Å². The van der Waals surface area contributed by atoms with E-state index in [1.807, 2.05) is 24.3 Å². The monoisotopic (exact) mass is 343 g/mol. The van der Waals surface area contributed by atoms with E-state index in [2.05, 4.69) is 10.7 Å². The first-order valence-electron chi connectivity index (χ1n) is 8.78. The molecule has 1 aromatic carbocycles. The minimum absolute atomic E-state index is 0.0392. The van der Waals surface area contributed by atoms with Crippen LogP contribution in [0.5, 0.6) is 0 Å². The molecule has 4 nitrogen and oxygen atoms in total. The second-order valence-electron chi connectivity index (χ2n) is 6.41. The highest BCUT2D eigenvalue weighted by Gasteiger charge is 2.18. The Labute approximate surface area is 147 Å². The number of carbonyl (C=O) groups is 1. The highest BCUT2D eigenvalue weighted by atomic mass is 32.1. The predicted molar refractivity (Wildman–Crippen MR) is 98.3 cm³/mol. The Morgan fingerprint density at radius 3 is 2.67 bits per heavy atom. The number of nitrogens with two attached hydrogens (primary N) is 1. The number of nitrogens with one attached hydrogen (secondary N) is 1. The topological polar surface area (TPSA) is 68.0 Å². The number of benzene rings is 1. The van der Waals surface area contributed by atoms with Gasteiger partial charge in [0, 0.05) is 36.4 Å². The summed E-state index contributed by atoms with van der Waals surface area (Å²) in [4.78, 5) is 16.9. The fourth-order valence-electron chi connectivity index (χ4n) is 3.20. The lowest BCUT2D eigenvalue weighted by atomic mass is 9.87. The third kappa shape index (κ3) is 4.42. The van der Waals surface area contributed by atoms with Crippen LogP contribution in [0.1, 0.15) is 64.6 Å². The van der Waals surface area contributed by atoms with Crippen molar-refractivity contribution in [2.45, 2.75) is 51.0 Å². The molecule has 1 heterocycles. The first-order chi connectivity index (χ1) is 11.8. The minimum atomic E-state index is -0.0392. The van der Waals surface area contributed by atoms with E-state index >= 15 is 0 Å². The smallest absolute Gasteiger partial charge is 0.251 e. The minimum Gasteiger partial charge on any atom is -0.352 e. The molecule has 0 atom stereocenters. The Balaban J connectivity index is 1.47. The lowest BCUT2D eigenvalue weighted by Crippen LogP contribution is -2.25. The summed E-state index contributed by atoms with van der Waals surface area (Å²) in [7, 11) is 0. The normalized spacial score (nSPS) is 15.4. The molecule has 0 radical (unpaired) electrons. The van der Waals surface area contributed by atoms with E-state index < -0.39 is 0 Å². The Morgan fingerprint density at radius 2 is 1.96 bits per heavy atom. The molecule has 5 heteroatoms. The maximum Gasteiger partial charge on any atom is 0.251 e. The zero-order valence-corrected chi connectivity index (χ0v) is 14.8. The first-order valence-corrected chi connectivity index (χ1v) is 9.65. The molecule has 3 rings (SSSR count). The molecule has 0 unspecified atom stereocenters. The molecule has 1 aliphatic carbocycles. The molecule has 128 valence electrons. The molecule has 24 heavy (non-hydrogen) atoms. The maximum atomic E-state index is 12.1. The zero-order chi connectivity index (χ0) is 16.8. The Bertz CT molecular complexity index is 660. The number of nitrogens with zero attached hydrogens (tertiary/aromatic N) is 1. The highest BCUT2D eigenvalue weighted by Crippen LogP contribution is 2.33. The SMILES string of the molecule is NCc1ccc(C(=O)NCCc2nc(C3CCCCC3)cs2)cc1. The summed E-state index contributed by atoms with van der Waals surface area (Å²) in [5.41, 5.74) is 8.54. The summed E-state index contributed by atoms with van der Waals surface area (Å²) in [6.07, 6.45) is 7.38. The number of aromatic nitrogens is 1. The van der Waals surface area contributed by atoms with Gasteiger partial charge >= 0.3 is 0 Å². The van der Waals surface area contributed by atoms with Crippen LogP contribution in [-0.2, 0) is 13.0 Å². The van der Waals surface area contributed by atoms with Gasteiger partial charge in [0.25, 0.3) is 5.91 Å². The summed E-state index contributed by atoms with van der Waals surface area (Å²) in [5, 5.41) is 6.30. The van der Waals surface area contributed by atoms with Crippen molar-refractivity contribution < 1.29 is 4.79 Å². The average molecular weight is 343 g/mol. The summed E-state index contributed by atoms with van der Waals surface area (Å²) in [5.74, 6) is 0.613. The zero-order valence-electron chi connectivity index (χ0n) is 14.0. The highest BCUT2D eigenvalue weighted by molar-refractivity contribution is 7.09. The third-order valence-corrected chi connectivity index (χ3v) is 5.60. The molecule has 0 bridgehead atoms. The molecule has 1 saturated carbocycles. The number of amides is 1. The summed E-state index contributed by atoms with van der Waals surface area (Å²) >= 11 is 1.72. The van der Waals surface area contributed by atoms with Crippen LogP contribution in [0.3, 0.4) is 0 Å². The van der Waals surface area contributed by atoms with Crippen molar-refractivity contribution in [3.05, 3.63) is 51.5 Å². The van der Waals surface area contributed by atoms with Gasteiger partial charge in [-0.05, 0) is 30.5 Å². The van der Waals surface area contributed by atoms with Crippen LogP contribution in [-0.4, -0.2) is 17.4 Å². The number of carbonyl (C=O) groups excluding carboxylic acids is 1. The summed E-state index contributed by atoms with van der Waals surface area (Å²) in [6.45, 7) is 1.12. The standard InChI is InChI=1S/C19H25N3OS/c20-12-14-6-8-16(9-7-14)19(23)21-11-10-18-22-17(13-24-18)15-4-2-1-3-5-15/h6-9,13,15H,1-5,10-12,20H2,(H,21,23). The van der Waals surface area contributed by atoms with Crippen molar-refractivity contribution in [3.63, 3.8) is 0 Å². The van der Waals surface area contributed by atoms with Crippen LogP contribution in [0, 0.1) is 0 Å². The Kier molecular flexibility index (Phi) is 5.99. The van der Waals surface area contributed by atoms with Crippen LogP contribution in [0.15, 0.2) is 29.6 Å². The van der Waals surface area contributed by atoms with Gasteiger partial charge in [-0.15, -0.1) is 11.3 Å². The van der Waals surface area contributed by atoms with Gasteiger partial charge in [-0.1, -0.05) is 31.4 Å². The lowest BCUT2D eigenvalue weighted by molar-refractivity contribution is 0.0954. The van der Waals surface area contributed by atoms with Crippen molar-refractivity contribution in [1.29, 1.82) is 0 Å². The van der Waals surface area contributed by atoms with Gasteiger partial charge in [0.15, 0.2) is 0 Å². The van der Waals surface area contributed by atoms with Gasteiger partial charge in [-0.3, -0.25) is 4.79 Å². The maximum absolute atomic E-state index is 12.1. The molecule has 0 aliphatic heterocycles. The van der Waals surface area contributed by atoms with Crippen molar-refractivity contribution in [2.24, 2.45) is 5.73 Å². The Morgan fingerprint density at radius 1 is 1.21 bits per heavy atom. The first kappa shape index (κ1) is 17.1. The summed E-state index contributed by atoms with van der Waals surface area (Å²) < 4.78 is 0. The van der Waals surface area contributed by atoms with Gasteiger partial charge in [0.2, 0.25) is 0 Å². The fourth-order valence-corrected chi connectivity index (χ4v) is 4.08. The molecular weight excluding hydrogens is 318 g/mol. The summed E-state index contributed by atoms with van der Waals surface area (Å²) in [6, 6.07) is 7.43. The number of hydrogen-bond donors (Lipinski definition) is 2. The Hall–Kier alpha value is -1.72. The van der Waals surface area contributed by atoms with Crippen molar-refractivity contribution >= 4 is 17.2 Å². The molecule has 1 fully saturated rings. The number of thiazole rings is 1. The molecule has 0 saturated heterocycles. The van der Waals surface area contributed by atoms with Gasteiger partial charge in [0.1, 0.15) is 0 Å². The van der Waals surface area contributed by atoms with Crippen molar-refractivity contribution in [1.82, 2.24) is 10.3 Å². The van der Waals surface area contributed by atoms with E-state index in [0.29, 0.717) is 24.6 Å². The van der Waals surface area contributed by atoms with E-state index in [9.17, 15) is 4.79 Å². The molecule has 1 aliphatic rings. The molecule has 0 spiro atoms. The predicted octanol–water partition coefficient (Wildman–Crippen LogP) is 3.62. The van der Waals surface area contributed by atoms with E-state index in [1.54, 1.807) is 11.3 Å². The van der Waals surface area contributed by atoms with Crippen LogP contribution >= 0.6 is 11.3 Å². The number of hydrogen-bond acceptors (Lipinski definition) is 4. The molecule has 2 aromatic rings. The average Bonchev–Trinajstić information content (AvgIpc) is 3.11. The fraction of sp³-hybridized carbons (Fsp3) is 0.474. The van der Waals surface area contributed by atoms with E-state index in [-0.39, 0.29) is 5.91 Å². The van der Waals surface area contributed by atoms with E-state index in [1.165, 1.54) is 37.8 Å². The van der Waals surface area contributed by atoms with Crippen LogP contribution in [0.4, 0.5) is 0 Å². The molecule has 1 aromatic heterocycles. The van der Waals surface area contributed by atoms with Crippen LogP contribution < -0.4 is 11.1 Å². The van der Waals surface area contributed by atoms with Crippen LogP contribution in [0.25, 0.3) is 0 Å². The second-order valence-corrected chi connectivity index (χ2v) is 7.35. The van der Waals surface area contributed by atoms with Gasteiger partial charge < -0.3 is 11.1 Å². The van der Waals surface area contributed by atoms with Gasteiger partial charge in [-0.2, -0.15) is 0 Å². The molecular formula is C19H25N3OS. The largest absolute Gasteiger partial charge is 0.352 e. The van der Waals surface area contributed by atoms with E-state index in [4.69, 9.17) is 10.7 Å². The van der Waals surface area contributed by atoms with Crippen molar-refractivity contribution in [3.8, 4) is 0 Å². The van der Waals surface area contributed by atoms with Gasteiger partial charge in [0.05, 0.1) is 10.7 Å². The quantitative estimate of drug-likeness (QED) is 0.842. The van der Waals surface area contributed by atoms with Crippen LogP contribution in [0.2, 0.25) is 0 Å². The van der Waals surface area contributed by atoms with Crippen molar-refractivity contribution in [2.75, 3.05) is 6.54 Å². The second kappa shape index (κ2) is 8.40.